The van der Waals surface area contributed by atoms with Gasteiger partial charge >= 0.3 is 0 Å². The van der Waals surface area contributed by atoms with Crippen molar-refractivity contribution < 1.29 is 4.79 Å². The number of carbonyl (C=O) groups is 1. The van der Waals surface area contributed by atoms with E-state index in [0.29, 0.717) is 6.42 Å². The maximum atomic E-state index is 12.9. The number of rotatable bonds is 4. The number of anilines is 1. The standard InChI is InChI=1S/C23H26N4O/c1-16-15-26(23-24-20-4-2-3-5-21(20)25-23)12-13-27(16)22(28)14-17-6-8-18(9-7-17)19-10-11-19/h2-9,16,19H,10-15H2,1H3,(H,24,25). The molecule has 3 aromatic rings. The lowest BCUT2D eigenvalue weighted by Gasteiger charge is -2.39. The Hall–Kier alpha value is -2.82. The van der Waals surface area contributed by atoms with Crippen LogP contribution in [-0.4, -0.2) is 46.5 Å². The number of nitrogens with one attached hydrogen (secondary N) is 1. The largest absolute Gasteiger partial charge is 0.339 e. The van der Waals surface area contributed by atoms with Crippen LogP contribution in [0.1, 0.15) is 36.8 Å². The Kier molecular flexibility index (Phi) is 4.30. The molecule has 1 atom stereocenters. The third kappa shape index (κ3) is 3.37. The van der Waals surface area contributed by atoms with Gasteiger partial charge in [-0.25, -0.2) is 4.98 Å². The number of hydrogen-bond donors (Lipinski definition) is 1. The molecule has 1 saturated heterocycles. The Morgan fingerprint density at radius 3 is 2.61 bits per heavy atom. The molecule has 1 aromatic heterocycles. The van der Waals surface area contributed by atoms with Crippen molar-refractivity contribution in [1.29, 1.82) is 0 Å². The van der Waals surface area contributed by atoms with Crippen LogP contribution in [0.4, 0.5) is 5.95 Å². The number of nitrogens with zero attached hydrogens (tertiary/aromatic N) is 3. The van der Waals surface area contributed by atoms with Gasteiger partial charge in [0.05, 0.1) is 17.5 Å². The van der Waals surface area contributed by atoms with Crippen molar-refractivity contribution >= 4 is 22.9 Å². The average Bonchev–Trinajstić information content (AvgIpc) is 3.46. The van der Waals surface area contributed by atoms with E-state index in [0.717, 1.165) is 48.1 Å². The maximum absolute atomic E-state index is 12.9. The number of benzene rings is 2. The third-order valence-electron chi connectivity index (χ3n) is 6.01. The zero-order valence-corrected chi connectivity index (χ0v) is 16.3. The molecule has 2 heterocycles. The first-order valence-corrected chi connectivity index (χ1v) is 10.3. The smallest absolute Gasteiger partial charge is 0.227 e. The monoisotopic (exact) mass is 374 g/mol. The van der Waals surface area contributed by atoms with Crippen molar-refractivity contribution in [2.24, 2.45) is 0 Å². The Morgan fingerprint density at radius 1 is 1.11 bits per heavy atom. The number of para-hydroxylation sites is 2. The molecular weight excluding hydrogens is 348 g/mol. The van der Waals surface area contributed by atoms with E-state index in [2.05, 4.69) is 41.1 Å². The molecule has 0 bridgehead atoms. The number of aromatic nitrogens is 2. The molecule has 5 rings (SSSR count). The molecule has 1 amide bonds. The Morgan fingerprint density at radius 2 is 1.89 bits per heavy atom. The maximum Gasteiger partial charge on any atom is 0.227 e. The van der Waals surface area contributed by atoms with E-state index in [-0.39, 0.29) is 11.9 Å². The highest BCUT2D eigenvalue weighted by Gasteiger charge is 2.29. The lowest BCUT2D eigenvalue weighted by molar-refractivity contribution is -0.132. The van der Waals surface area contributed by atoms with Crippen molar-refractivity contribution in [3.63, 3.8) is 0 Å². The van der Waals surface area contributed by atoms with Crippen LogP contribution in [0.5, 0.6) is 0 Å². The fourth-order valence-corrected chi connectivity index (χ4v) is 4.21. The van der Waals surface area contributed by atoms with Crippen molar-refractivity contribution in [2.45, 2.75) is 38.1 Å². The van der Waals surface area contributed by atoms with Crippen LogP contribution in [-0.2, 0) is 11.2 Å². The van der Waals surface area contributed by atoms with Crippen LogP contribution in [0.3, 0.4) is 0 Å². The molecule has 1 saturated carbocycles. The molecule has 1 aliphatic carbocycles. The normalized spacial score (nSPS) is 20.0. The highest BCUT2D eigenvalue weighted by molar-refractivity contribution is 5.80. The molecule has 5 nitrogen and oxygen atoms in total. The van der Waals surface area contributed by atoms with Gasteiger partial charge in [0.25, 0.3) is 0 Å². The molecular formula is C23H26N4O. The van der Waals surface area contributed by atoms with E-state index >= 15 is 0 Å². The molecule has 0 radical (unpaired) electrons. The minimum absolute atomic E-state index is 0.167. The quantitative estimate of drug-likeness (QED) is 0.757. The van der Waals surface area contributed by atoms with Crippen LogP contribution in [0, 0.1) is 0 Å². The predicted molar refractivity (Wildman–Crippen MR) is 112 cm³/mol. The van der Waals surface area contributed by atoms with Gasteiger partial charge in [-0.1, -0.05) is 36.4 Å². The van der Waals surface area contributed by atoms with Gasteiger partial charge in [-0.2, -0.15) is 0 Å². The molecule has 2 fully saturated rings. The summed E-state index contributed by atoms with van der Waals surface area (Å²) in [6, 6.07) is 16.9. The molecule has 2 aliphatic rings. The summed E-state index contributed by atoms with van der Waals surface area (Å²) in [7, 11) is 0. The zero-order chi connectivity index (χ0) is 19.1. The van der Waals surface area contributed by atoms with E-state index in [1.54, 1.807) is 0 Å². The van der Waals surface area contributed by atoms with Gasteiger partial charge < -0.3 is 14.8 Å². The molecule has 28 heavy (non-hydrogen) atoms. The SMILES string of the molecule is CC1CN(c2nc3ccccc3[nH]2)CCN1C(=O)Cc1ccc(C2CC2)cc1. The summed E-state index contributed by atoms with van der Waals surface area (Å²) in [4.78, 5) is 25.3. The summed E-state index contributed by atoms with van der Waals surface area (Å²) in [6.07, 6.45) is 3.11. The number of piperazine rings is 1. The van der Waals surface area contributed by atoms with Crippen LogP contribution < -0.4 is 4.90 Å². The first-order chi connectivity index (χ1) is 13.7. The summed E-state index contributed by atoms with van der Waals surface area (Å²) in [5, 5.41) is 0. The lowest BCUT2D eigenvalue weighted by atomic mass is 10.0. The minimum atomic E-state index is 0.167. The summed E-state index contributed by atoms with van der Waals surface area (Å²) in [6.45, 7) is 4.46. The number of hydrogen-bond acceptors (Lipinski definition) is 3. The van der Waals surface area contributed by atoms with Gasteiger partial charge in [-0.05, 0) is 48.9 Å². The van der Waals surface area contributed by atoms with Crippen LogP contribution in [0.25, 0.3) is 11.0 Å². The van der Waals surface area contributed by atoms with Gasteiger partial charge in [0, 0.05) is 25.7 Å². The van der Waals surface area contributed by atoms with E-state index in [1.165, 1.54) is 18.4 Å². The fraction of sp³-hybridized carbons (Fsp3) is 0.391. The van der Waals surface area contributed by atoms with Crippen LogP contribution in [0.2, 0.25) is 0 Å². The molecule has 144 valence electrons. The van der Waals surface area contributed by atoms with E-state index in [4.69, 9.17) is 4.98 Å². The highest BCUT2D eigenvalue weighted by atomic mass is 16.2. The Labute approximate surface area is 165 Å². The van der Waals surface area contributed by atoms with E-state index in [1.807, 2.05) is 29.2 Å². The van der Waals surface area contributed by atoms with Gasteiger partial charge in [-0.15, -0.1) is 0 Å². The summed E-state index contributed by atoms with van der Waals surface area (Å²) in [5.74, 6) is 1.88. The number of H-pyrrole nitrogens is 1. The van der Waals surface area contributed by atoms with E-state index < -0.39 is 0 Å². The molecule has 1 unspecified atom stereocenters. The molecule has 2 aromatic carbocycles. The molecule has 5 heteroatoms. The lowest BCUT2D eigenvalue weighted by Crippen LogP contribution is -2.54. The first-order valence-electron chi connectivity index (χ1n) is 10.3. The van der Waals surface area contributed by atoms with Crippen molar-refractivity contribution in [3.8, 4) is 0 Å². The van der Waals surface area contributed by atoms with E-state index in [9.17, 15) is 4.79 Å². The number of imidazole rings is 1. The van der Waals surface area contributed by atoms with Crippen molar-refractivity contribution in [3.05, 3.63) is 59.7 Å². The van der Waals surface area contributed by atoms with Gasteiger partial charge in [-0.3, -0.25) is 4.79 Å². The van der Waals surface area contributed by atoms with Gasteiger partial charge in [0.2, 0.25) is 11.9 Å². The fourth-order valence-electron chi connectivity index (χ4n) is 4.21. The Bertz CT molecular complexity index is 956. The molecule has 0 spiro atoms. The minimum Gasteiger partial charge on any atom is -0.339 e. The number of amides is 1. The van der Waals surface area contributed by atoms with Gasteiger partial charge in [0.1, 0.15) is 0 Å². The van der Waals surface area contributed by atoms with Gasteiger partial charge in [0.15, 0.2) is 0 Å². The van der Waals surface area contributed by atoms with Crippen molar-refractivity contribution in [1.82, 2.24) is 14.9 Å². The first kappa shape index (κ1) is 17.3. The number of fused-ring (bicyclic) bond motifs is 1. The second-order valence-corrected chi connectivity index (χ2v) is 8.15. The van der Waals surface area contributed by atoms with Crippen molar-refractivity contribution in [2.75, 3.05) is 24.5 Å². The molecule has 1 N–H and O–H groups in total. The molecule has 1 aliphatic heterocycles. The second-order valence-electron chi connectivity index (χ2n) is 8.15. The van der Waals surface area contributed by atoms with Crippen LogP contribution >= 0.6 is 0 Å². The average molecular weight is 374 g/mol. The number of aromatic amines is 1. The predicted octanol–water partition coefficient (Wildman–Crippen LogP) is 3.72. The second kappa shape index (κ2) is 6.97. The highest BCUT2D eigenvalue weighted by Crippen LogP contribution is 2.39. The third-order valence-corrected chi connectivity index (χ3v) is 6.01. The summed E-state index contributed by atoms with van der Waals surface area (Å²) < 4.78 is 0. The number of carbonyl (C=O) groups excluding carboxylic acids is 1. The zero-order valence-electron chi connectivity index (χ0n) is 16.3. The van der Waals surface area contributed by atoms with Crippen LogP contribution in [0.15, 0.2) is 48.5 Å². The Balaban J connectivity index is 1.23. The topological polar surface area (TPSA) is 52.2 Å². The summed E-state index contributed by atoms with van der Waals surface area (Å²) in [5.41, 5.74) is 4.57. The summed E-state index contributed by atoms with van der Waals surface area (Å²) >= 11 is 0.